The highest BCUT2D eigenvalue weighted by atomic mass is 16.5. The first-order chi connectivity index (χ1) is 10.8. The maximum Gasteiger partial charge on any atom is 0.234 e. The average molecular weight is 308 g/mol. The van der Waals surface area contributed by atoms with Crippen molar-refractivity contribution in [3.8, 4) is 11.5 Å². The number of carbonyl (C=O) groups excluding carboxylic acids is 1. The highest BCUT2D eigenvalue weighted by Crippen LogP contribution is 2.16. The minimum atomic E-state index is -0.0139. The number of benzene rings is 1. The van der Waals surface area contributed by atoms with Crippen molar-refractivity contribution in [1.82, 2.24) is 10.6 Å². The second-order valence-electron chi connectivity index (χ2n) is 5.14. The molecule has 1 fully saturated rings. The SMILES string of the molecule is COc1ccc(OCCNCC(=O)NCC2CCCO2)cc1. The second-order valence-corrected chi connectivity index (χ2v) is 5.14. The van der Waals surface area contributed by atoms with Crippen LogP contribution in [0, 0.1) is 0 Å². The first-order valence-electron chi connectivity index (χ1n) is 7.64. The van der Waals surface area contributed by atoms with Gasteiger partial charge in [0.25, 0.3) is 0 Å². The number of carbonyl (C=O) groups is 1. The van der Waals surface area contributed by atoms with Gasteiger partial charge in [0.1, 0.15) is 18.1 Å². The number of nitrogens with one attached hydrogen (secondary N) is 2. The van der Waals surface area contributed by atoms with E-state index in [0.717, 1.165) is 30.9 Å². The Hall–Kier alpha value is -1.79. The predicted molar refractivity (Wildman–Crippen MR) is 83.3 cm³/mol. The van der Waals surface area contributed by atoms with Crippen LogP contribution in [0.2, 0.25) is 0 Å². The molecule has 122 valence electrons. The van der Waals surface area contributed by atoms with Gasteiger partial charge >= 0.3 is 0 Å². The summed E-state index contributed by atoms with van der Waals surface area (Å²) in [6.45, 7) is 2.81. The number of methoxy groups -OCH3 is 1. The number of hydrogen-bond donors (Lipinski definition) is 2. The van der Waals surface area contributed by atoms with Crippen molar-refractivity contribution in [2.24, 2.45) is 0 Å². The summed E-state index contributed by atoms with van der Waals surface area (Å²) in [7, 11) is 1.63. The van der Waals surface area contributed by atoms with Crippen molar-refractivity contribution in [3.63, 3.8) is 0 Å². The molecule has 22 heavy (non-hydrogen) atoms. The van der Waals surface area contributed by atoms with E-state index in [0.29, 0.717) is 26.2 Å². The third-order valence-electron chi connectivity index (χ3n) is 3.44. The quantitative estimate of drug-likeness (QED) is 0.665. The normalized spacial score (nSPS) is 17.2. The van der Waals surface area contributed by atoms with Crippen molar-refractivity contribution in [3.05, 3.63) is 24.3 Å². The molecule has 0 spiro atoms. The minimum Gasteiger partial charge on any atom is -0.497 e. The van der Waals surface area contributed by atoms with Gasteiger partial charge in [-0.25, -0.2) is 0 Å². The van der Waals surface area contributed by atoms with Crippen LogP contribution in [-0.2, 0) is 9.53 Å². The summed E-state index contributed by atoms with van der Waals surface area (Å²) in [5.74, 6) is 1.57. The lowest BCUT2D eigenvalue weighted by atomic mass is 10.2. The van der Waals surface area contributed by atoms with Crippen LogP contribution in [0.5, 0.6) is 11.5 Å². The molecule has 1 unspecified atom stereocenters. The Morgan fingerprint density at radius 1 is 1.32 bits per heavy atom. The monoisotopic (exact) mass is 308 g/mol. The van der Waals surface area contributed by atoms with Crippen LogP contribution in [0.25, 0.3) is 0 Å². The molecule has 6 nitrogen and oxygen atoms in total. The van der Waals surface area contributed by atoms with Crippen molar-refractivity contribution in [2.75, 3.05) is 40.0 Å². The summed E-state index contributed by atoms with van der Waals surface area (Å²) in [5.41, 5.74) is 0. The summed E-state index contributed by atoms with van der Waals surface area (Å²) in [5, 5.41) is 5.92. The van der Waals surface area contributed by atoms with Gasteiger partial charge in [0.05, 0.1) is 19.8 Å². The van der Waals surface area contributed by atoms with Crippen molar-refractivity contribution in [2.45, 2.75) is 18.9 Å². The largest absolute Gasteiger partial charge is 0.497 e. The molecule has 1 atom stereocenters. The summed E-state index contributed by atoms with van der Waals surface area (Å²) in [6.07, 6.45) is 2.30. The minimum absolute atomic E-state index is 0.0139. The van der Waals surface area contributed by atoms with E-state index >= 15 is 0 Å². The van der Waals surface area contributed by atoms with Gasteiger partial charge in [-0.1, -0.05) is 0 Å². The Kier molecular flexibility index (Phi) is 6.99. The fourth-order valence-corrected chi connectivity index (χ4v) is 2.21. The first kappa shape index (κ1) is 16.6. The Balaban J connectivity index is 1.50. The van der Waals surface area contributed by atoms with Crippen LogP contribution >= 0.6 is 0 Å². The molecule has 1 amide bonds. The topological polar surface area (TPSA) is 68.8 Å². The van der Waals surface area contributed by atoms with E-state index in [1.807, 2.05) is 24.3 Å². The first-order valence-corrected chi connectivity index (χ1v) is 7.64. The zero-order valence-electron chi connectivity index (χ0n) is 13.0. The van der Waals surface area contributed by atoms with Gasteiger partial charge in [0.15, 0.2) is 0 Å². The molecular weight excluding hydrogens is 284 g/mol. The summed E-state index contributed by atoms with van der Waals surface area (Å²) < 4.78 is 16.1. The highest BCUT2D eigenvalue weighted by molar-refractivity contribution is 5.77. The Morgan fingerprint density at radius 2 is 2.09 bits per heavy atom. The molecule has 0 saturated carbocycles. The molecule has 1 aliphatic heterocycles. The third kappa shape index (κ3) is 5.91. The van der Waals surface area contributed by atoms with E-state index < -0.39 is 0 Å². The lowest BCUT2D eigenvalue weighted by Gasteiger charge is -2.11. The van der Waals surface area contributed by atoms with Crippen LogP contribution in [-0.4, -0.2) is 52.0 Å². The molecule has 1 aliphatic rings. The fourth-order valence-electron chi connectivity index (χ4n) is 2.21. The van der Waals surface area contributed by atoms with E-state index in [1.54, 1.807) is 7.11 Å². The van der Waals surface area contributed by atoms with Gasteiger partial charge in [-0.15, -0.1) is 0 Å². The third-order valence-corrected chi connectivity index (χ3v) is 3.44. The molecule has 0 radical (unpaired) electrons. The van der Waals surface area contributed by atoms with Gasteiger partial charge in [-0.2, -0.15) is 0 Å². The Morgan fingerprint density at radius 3 is 2.77 bits per heavy atom. The summed E-state index contributed by atoms with van der Waals surface area (Å²) in [4.78, 5) is 11.6. The van der Waals surface area contributed by atoms with E-state index in [1.165, 1.54) is 0 Å². The molecule has 0 bridgehead atoms. The molecule has 2 N–H and O–H groups in total. The zero-order valence-corrected chi connectivity index (χ0v) is 13.0. The number of amides is 1. The zero-order chi connectivity index (χ0) is 15.6. The maximum absolute atomic E-state index is 11.6. The van der Waals surface area contributed by atoms with E-state index in [9.17, 15) is 4.79 Å². The van der Waals surface area contributed by atoms with E-state index in [2.05, 4.69) is 10.6 Å². The van der Waals surface area contributed by atoms with Crippen LogP contribution < -0.4 is 20.1 Å². The Labute approximate surface area is 131 Å². The van der Waals surface area contributed by atoms with Crippen molar-refractivity contribution >= 4 is 5.91 Å². The highest BCUT2D eigenvalue weighted by Gasteiger charge is 2.15. The molecule has 6 heteroatoms. The molecule has 1 aromatic rings. The number of rotatable bonds is 9. The molecule has 1 aromatic carbocycles. The van der Waals surface area contributed by atoms with Crippen LogP contribution in [0.4, 0.5) is 0 Å². The summed E-state index contributed by atoms with van der Waals surface area (Å²) >= 11 is 0. The summed E-state index contributed by atoms with van der Waals surface area (Å²) in [6, 6.07) is 7.41. The van der Waals surface area contributed by atoms with Crippen molar-refractivity contribution < 1.29 is 19.0 Å². The predicted octanol–water partition coefficient (Wildman–Crippen LogP) is 0.959. The average Bonchev–Trinajstić information content (AvgIpc) is 3.06. The molecule has 1 heterocycles. The second kappa shape index (κ2) is 9.27. The van der Waals surface area contributed by atoms with Gasteiger partial charge in [-0.05, 0) is 37.1 Å². The van der Waals surface area contributed by atoms with Gasteiger partial charge in [-0.3, -0.25) is 4.79 Å². The Bertz CT molecular complexity index is 444. The number of ether oxygens (including phenoxy) is 3. The van der Waals surface area contributed by atoms with Crippen LogP contribution in [0.3, 0.4) is 0 Å². The maximum atomic E-state index is 11.6. The van der Waals surface area contributed by atoms with E-state index in [4.69, 9.17) is 14.2 Å². The molecule has 0 aliphatic carbocycles. The van der Waals surface area contributed by atoms with Crippen molar-refractivity contribution in [1.29, 1.82) is 0 Å². The smallest absolute Gasteiger partial charge is 0.234 e. The molecule has 1 saturated heterocycles. The van der Waals surface area contributed by atoms with E-state index in [-0.39, 0.29) is 12.0 Å². The molecule has 0 aromatic heterocycles. The fraction of sp³-hybridized carbons (Fsp3) is 0.562. The molecule has 2 rings (SSSR count). The van der Waals surface area contributed by atoms with Crippen LogP contribution in [0.1, 0.15) is 12.8 Å². The molecular formula is C16H24N2O4. The van der Waals surface area contributed by atoms with Crippen LogP contribution in [0.15, 0.2) is 24.3 Å². The number of hydrogen-bond acceptors (Lipinski definition) is 5. The lowest BCUT2D eigenvalue weighted by molar-refractivity contribution is -0.120. The van der Waals surface area contributed by atoms with Gasteiger partial charge < -0.3 is 24.8 Å². The lowest BCUT2D eigenvalue weighted by Crippen LogP contribution is -2.39. The standard InChI is InChI=1S/C16H24N2O4/c1-20-13-4-6-14(7-5-13)22-10-8-17-12-16(19)18-11-15-3-2-9-21-15/h4-7,15,17H,2-3,8-12H2,1H3,(H,18,19). The van der Waals surface area contributed by atoms with Gasteiger partial charge in [0.2, 0.25) is 5.91 Å². The van der Waals surface area contributed by atoms with Gasteiger partial charge in [0, 0.05) is 19.7 Å².